The van der Waals surface area contributed by atoms with Crippen LogP contribution in [-0.4, -0.2) is 5.97 Å². The smallest absolute Gasteiger partial charge is 0.317 e. The van der Waals surface area contributed by atoms with E-state index in [4.69, 9.17) is 0 Å². The van der Waals surface area contributed by atoms with Crippen molar-refractivity contribution in [3.8, 4) is 0 Å². The number of rotatable bonds is 1. The fraction of sp³-hybridized carbons (Fsp3) is 0.375. The van der Waals surface area contributed by atoms with E-state index in [0.29, 0.717) is 0 Å². The van der Waals surface area contributed by atoms with Crippen LogP contribution in [-0.2, 0) is 9.53 Å². The summed E-state index contributed by atoms with van der Waals surface area (Å²) in [5.74, 6) is -0.212. The molecule has 2 heteroatoms. The summed E-state index contributed by atoms with van der Waals surface area (Å²) in [5, 5.41) is 0. The van der Waals surface area contributed by atoms with Crippen molar-refractivity contribution in [3.05, 3.63) is 24.5 Å². The Kier molecular flexibility index (Phi) is 2.26. The lowest BCUT2D eigenvalue weighted by atomic mass is 10.0. The third-order valence-electron chi connectivity index (χ3n) is 1.40. The Labute approximate surface area is 60.2 Å². The van der Waals surface area contributed by atoms with Gasteiger partial charge in [0, 0.05) is 0 Å². The van der Waals surface area contributed by atoms with Crippen molar-refractivity contribution in [2.75, 3.05) is 0 Å². The van der Waals surface area contributed by atoms with Crippen LogP contribution < -0.4 is 0 Å². The Morgan fingerprint density at radius 3 is 3.20 bits per heavy atom. The molecule has 1 aliphatic heterocycles. The largest absolute Gasteiger partial charge is 0.434 e. The van der Waals surface area contributed by atoms with Crippen LogP contribution in [0.4, 0.5) is 0 Å². The molecule has 0 aliphatic carbocycles. The molecule has 1 aliphatic rings. The van der Waals surface area contributed by atoms with Gasteiger partial charge in [-0.3, -0.25) is 4.79 Å². The second-order valence-corrected chi connectivity index (χ2v) is 2.18. The molecule has 0 fully saturated rings. The molecule has 0 aromatic heterocycles. The molecular weight excluding hydrogens is 128 g/mol. The van der Waals surface area contributed by atoms with Gasteiger partial charge < -0.3 is 4.74 Å². The maximum Gasteiger partial charge on any atom is 0.317 e. The second kappa shape index (κ2) is 3.20. The zero-order chi connectivity index (χ0) is 7.40. The Morgan fingerprint density at radius 2 is 2.60 bits per heavy atom. The van der Waals surface area contributed by atoms with E-state index in [-0.39, 0.29) is 11.9 Å². The molecule has 1 rings (SSSR count). The monoisotopic (exact) mass is 138 g/mol. The number of carbonyl (C=O) groups excluding carboxylic acids is 1. The highest BCUT2D eigenvalue weighted by Crippen LogP contribution is 2.13. The van der Waals surface area contributed by atoms with Gasteiger partial charge in [-0.05, 0) is 19.4 Å². The zero-order valence-electron chi connectivity index (χ0n) is 5.91. The van der Waals surface area contributed by atoms with E-state index in [9.17, 15) is 4.79 Å². The summed E-state index contributed by atoms with van der Waals surface area (Å²) in [6, 6.07) is 0. The van der Waals surface area contributed by atoms with Crippen molar-refractivity contribution in [3.63, 3.8) is 0 Å². The quantitative estimate of drug-likeness (QED) is 0.406. The summed E-state index contributed by atoms with van der Waals surface area (Å²) in [6.07, 6.45) is 7.79. The third kappa shape index (κ3) is 1.47. The van der Waals surface area contributed by atoms with Crippen molar-refractivity contribution in [2.45, 2.75) is 13.3 Å². The first-order valence-corrected chi connectivity index (χ1v) is 3.33. The van der Waals surface area contributed by atoms with Crippen LogP contribution in [0, 0.1) is 5.92 Å². The second-order valence-electron chi connectivity index (χ2n) is 2.18. The van der Waals surface area contributed by atoms with Crippen LogP contribution in [0.25, 0.3) is 0 Å². The lowest BCUT2D eigenvalue weighted by Gasteiger charge is -2.11. The average molecular weight is 138 g/mol. The average Bonchev–Trinajstić information content (AvgIpc) is 1.94. The molecule has 0 N–H and O–H groups in total. The summed E-state index contributed by atoms with van der Waals surface area (Å²) < 4.78 is 4.67. The maximum absolute atomic E-state index is 10.9. The van der Waals surface area contributed by atoms with E-state index >= 15 is 0 Å². The topological polar surface area (TPSA) is 26.3 Å². The van der Waals surface area contributed by atoms with Crippen molar-refractivity contribution in [1.82, 2.24) is 0 Å². The molecule has 0 aromatic carbocycles. The zero-order valence-corrected chi connectivity index (χ0v) is 5.91. The molecule has 0 unspecified atom stereocenters. The highest BCUT2D eigenvalue weighted by atomic mass is 16.5. The third-order valence-corrected chi connectivity index (χ3v) is 1.40. The molecule has 0 saturated carbocycles. The summed E-state index contributed by atoms with van der Waals surface area (Å²) in [6.45, 7) is 1.89. The minimum atomic E-state index is -0.152. The molecule has 0 saturated heterocycles. The van der Waals surface area contributed by atoms with Gasteiger partial charge in [0.2, 0.25) is 0 Å². The Bertz CT molecular complexity index is 180. The van der Waals surface area contributed by atoms with Gasteiger partial charge in [0.1, 0.15) is 0 Å². The van der Waals surface area contributed by atoms with Crippen LogP contribution in [0.15, 0.2) is 24.5 Å². The van der Waals surface area contributed by atoms with E-state index in [1.165, 1.54) is 6.26 Å². The first-order chi connectivity index (χ1) is 4.84. The number of cyclic esters (lactones) is 1. The molecule has 0 amide bonds. The number of allylic oxidation sites excluding steroid dienone is 2. The van der Waals surface area contributed by atoms with E-state index in [0.717, 1.165) is 6.42 Å². The van der Waals surface area contributed by atoms with E-state index in [2.05, 4.69) is 4.74 Å². The van der Waals surface area contributed by atoms with Crippen LogP contribution >= 0.6 is 0 Å². The fourth-order valence-electron chi connectivity index (χ4n) is 0.890. The minimum Gasteiger partial charge on any atom is -0.434 e. The molecule has 0 spiro atoms. The van der Waals surface area contributed by atoms with E-state index in [1.807, 2.05) is 25.2 Å². The van der Waals surface area contributed by atoms with Gasteiger partial charge in [0.15, 0.2) is 0 Å². The molecule has 0 radical (unpaired) electrons. The predicted molar refractivity (Wildman–Crippen MR) is 38.2 cm³/mol. The fourth-order valence-corrected chi connectivity index (χ4v) is 0.890. The van der Waals surface area contributed by atoms with Crippen molar-refractivity contribution in [1.29, 1.82) is 0 Å². The highest BCUT2D eigenvalue weighted by molar-refractivity contribution is 5.76. The highest BCUT2D eigenvalue weighted by Gasteiger charge is 2.17. The summed E-state index contributed by atoms with van der Waals surface area (Å²) >= 11 is 0. The summed E-state index contributed by atoms with van der Waals surface area (Å²) in [4.78, 5) is 10.9. The molecule has 0 aromatic rings. The number of hydrogen-bond donors (Lipinski definition) is 0. The molecule has 0 bridgehead atoms. The Morgan fingerprint density at radius 1 is 1.80 bits per heavy atom. The van der Waals surface area contributed by atoms with E-state index < -0.39 is 0 Å². The number of ether oxygens (including phenoxy) is 1. The van der Waals surface area contributed by atoms with Gasteiger partial charge >= 0.3 is 5.97 Å². The number of esters is 1. The van der Waals surface area contributed by atoms with Crippen LogP contribution in [0.3, 0.4) is 0 Å². The molecular formula is C8H10O2. The maximum atomic E-state index is 10.9. The van der Waals surface area contributed by atoms with Crippen LogP contribution in [0.5, 0.6) is 0 Å². The molecule has 54 valence electrons. The van der Waals surface area contributed by atoms with Gasteiger partial charge in [-0.1, -0.05) is 12.2 Å². The van der Waals surface area contributed by atoms with Gasteiger partial charge in [-0.2, -0.15) is 0 Å². The lowest BCUT2D eigenvalue weighted by molar-refractivity contribution is -0.141. The first-order valence-electron chi connectivity index (χ1n) is 3.33. The number of hydrogen-bond acceptors (Lipinski definition) is 2. The molecule has 10 heavy (non-hydrogen) atoms. The van der Waals surface area contributed by atoms with Gasteiger partial charge in [0.25, 0.3) is 0 Å². The van der Waals surface area contributed by atoms with E-state index in [1.54, 1.807) is 0 Å². The SMILES string of the molecule is CC=C[C@H]1CC=COC1=O. The lowest BCUT2D eigenvalue weighted by Crippen LogP contribution is -2.15. The van der Waals surface area contributed by atoms with Crippen molar-refractivity contribution >= 4 is 5.97 Å². The normalized spacial score (nSPS) is 25.3. The van der Waals surface area contributed by atoms with Crippen molar-refractivity contribution < 1.29 is 9.53 Å². The van der Waals surface area contributed by atoms with Crippen LogP contribution in [0.2, 0.25) is 0 Å². The van der Waals surface area contributed by atoms with Gasteiger partial charge in [-0.15, -0.1) is 0 Å². The molecule has 1 atom stereocenters. The predicted octanol–water partition coefficient (Wildman–Crippen LogP) is 1.64. The molecule has 1 heterocycles. The number of carbonyl (C=O) groups is 1. The van der Waals surface area contributed by atoms with Crippen LogP contribution in [0.1, 0.15) is 13.3 Å². The Hall–Kier alpha value is -1.05. The van der Waals surface area contributed by atoms with Gasteiger partial charge in [0.05, 0.1) is 12.2 Å². The minimum absolute atomic E-state index is 0.0602. The van der Waals surface area contributed by atoms with Crippen molar-refractivity contribution in [2.24, 2.45) is 5.92 Å². The first kappa shape index (κ1) is 7.06. The summed E-state index contributed by atoms with van der Waals surface area (Å²) in [5.41, 5.74) is 0. The molecule has 2 nitrogen and oxygen atoms in total. The van der Waals surface area contributed by atoms with Gasteiger partial charge in [-0.25, -0.2) is 0 Å². The standard InChI is InChI=1S/C8H10O2/c1-2-4-7-5-3-6-10-8(7)9/h2-4,6-7H,5H2,1H3/t7-/m0/s1. The summed E-state index contributed by atoms with van der Waals surface area (Å²) in [7, 11) is 0. The Balaban J connectivity index is 2.59.